The molecule has 0 unspecified atom stereocenters. The third-order valence-electron chi connectivity index (χ3n) is 5.21. The number of ether oxygens (including phenoxy) is 3. The van der Waals surface area contributed by atoms with Crippen LogP contribution in [0.25, 0.3) is 11.3 Å². The van der Waals surface area contributed by atoms with Crippen molar-refractivity contribution in [3.05, 3.63) is 23.6 Å². The average molecular weight is 507 g/mol. The molecule has 0 aliphatic carbocycles. The van der Waals surface area contributed by atoms with Crippen molar-refractivity contribution in [1.82, 2.24) is 14.8 Å². The van der Waals surface area contributed by atoms with E-state index in [9.17, 15) is 14.4 Å². The zero-order valence-electron chi connectivity index (χ0n) is 18.8. The fourth-order valence-electron chi connectivity index (χ4n) is 3.50. The number of anilines is 1. The summed E-state index contributed by atoms with van der Waals surface area (Å²) < 4.78 is 16.1. The number of nitrogens with zero attached hydrogens (tertiary/aromatic N) is 3. The molecule has 10 nitrogen and oxygen atoms in total. The van der Waals surface area contributed by atoms with Crippen molar-refractivity contribution in [2.24, 2.45) is 0 Å². The van der Waals surface area contributed by atoms with Crippen LogP contribution in [0, 0.1) is 0 Å². The summed E-state index contributed by atoms with van der Waals surface area (Å²) in [5.74, 6) is 1.49. The molecule has 1 N–H and O–H groups in total. The molecule has 0 atom stereocenters. The van der Waals surface area contributed by atoms with Crippen molar-refractivity contribution in [3.8, 4) is 22.8 Å². The number of hydrogen-bond donors (Lipinski definition) is 1. The van der Waals surface area contributed by atoms with Crippen molar-refractivity contribution in [2.75, 3.05) is 62.8 Å². The lowest BCUT2D eigenvalue weighted by atomic mass is 10.1. The third-order valence-corrected chi connectivity index (χ3v) is 6.88. The molecule has 1 aromatic carbocycles. The number of thiazole rings is 1. The molecule has 2 aliphatic rings. The Morgan fingerprint density at radius 2 is 1.82 bits per heavy atom. The number of nitrogens with one attached hydrogen (secondary N) is 1. The molecule has 3 heterocycles. The molecule has 0 saturated carbocycles. The fraction of sp³-hybridized carbons (Fsp3) is 0.455. The van der Waals surface area contributed by atoms with Gasteiger partial charge in [0.05, 0.1) is 23.8 Å². The topological polar surface area (TPSA) is 110 Å². The van der Waals surface area contributed by atoms with Gasteiger partial charge in [-0.05, 0) is 25.1 Å². The van der Waals surface area contributed by atoms with E-state index >= 15 is 0 Å². The molecule has 0 spiro atoms. The highest BCUT2D eigenvalue weighted by molar-refractivity contribution is 8.00. The van der Waals surface area contributed by atoms with Gasteiger partial charge in [-0.25, -0.2) is 9.78 Å². The zero-order chi connectivity index (χ0) is 23.9. The van der Waals surface area contributed by atoms with Gasteiger partial charge in [-0.15, -0.1) is 23.1 Å². The van der Waals surface area contributed by atoms with E-state index in [1.807, 2.05) is 23.6 Å². The van der Waals surface area contributed by atoms with E-state index in [-0.39, 0.29) is 29.4 Å². The van der Waals surface area contributed by atoms with Crippen LogP contribution in [0.3, 0.4) is 0 Å². The Bertz CT molecular complexity index is 1040. The standard InChI is InChI=1S/C22H26N4O6S2/c1-2-30-22(29)26-7-5-25(6-8-26)20(28)14-33-13-19(27)24-21-23-16(12-34-21)15-3-4-17-18(11-15)32-10-9-31-17/h3-4,11-12H,2,5-10,13-14H2,1H3,(H,23,24,27). The van der Waals surface area contributed by atoms with Crippen LogP contribution in [0.2, 0.25) is 0 Å². The Labute approximate surface area is 205 Å². The number of hydrogen-bond acceptors (Lipinski definition) is 9. The second-order valence-corrected chi connectivity index (χ2v) is 9.35. The third kappa shape index (κ3) is 6.11. The maximum absolute atomic E-state index is 12.4. The number of thioether (sulfide) groups is 1. The maximum Gasteiger partial charge on any atom is 0.409 e. The molecule has 2 aliphatic heterocycles. The smallest absolute Gasteiger partial charge is 0.409 e. The van der Waals surface area contributed by atoms with Crippen molar-refractivity contribution in [2.45, 2.75) is 6.92 Å². The van der Waals surface area contributed by atoms with Crippen LogP contribution in [-0.4, -0.2) is 90.2 Å². The number of carbonyl (C=O) groups is 3. The van der Waals surface area contributed by atoms with Gasteiger partial charge in [0, 0.05) is 37.1 Å². The zero-order valence-corrected chi connectivity index (χ0v) is 20.4. The lowest BCUT2D eigenvalue weighted by Crippen LogP contribution is -2.51. The predicted molar refractivity (Wildman–Crippen MR) is 130 cm³/mol. The van der Waals surface area contributed by atoms with Crippen LogP contribution in [0.4, 0.5) is 9.93 Å². The minimum absolute atomic E-state index is 0.0450. The SMILES string of the molecule is CCOC(=O)N1CCN(C(=O)CSCC(=O)Nc2nc(-c3ccc4c(c3)OCCO4)cs2)CC1. The highest BCUT2D eigenvalue weighted by Crippen LogP contribution is 2.35. The van der Waals surface area contributed by atoms with Gasteiger partial charge in [0.25, 0.3) is 0 Å². The molecule has 1 aromatic heterocycles. The lowest BCUT2D eigenvalue weighted by molar-refractivity contribution is -0.129. The van der Waals surface area contributed by atoms with Crippen LogP contribution in [0.1, 0.15) is 6.92 Å². The lowest BCUT2D eigenvalue weighted by Gasteiger charge is -2.34. The van der Waals surface area contributed by atoms with Gasteiger partial charge in [0.15, 0.2) is 16.6 Å². The molecular weight excluding hydrogens is 480 g/mol. The van der Waals surface area contributed by atoms with E-state index in [0.717, 1.165) is 11.3 Å². The van der Waals surface area contributed by atoms with Gasteiger partial charge >= 0.3 is 6.09 Å². The molecule has 0 bridgehead atoms. The maximum atomic E-state index is 12.4. The minimum atomic E-state index is -0.347. The molecule has 2 aromatic rings. The minimum Gasteiger partial charge on any atom is -0.486 e. The summed E-state index contributed by atoms with van der Waals surface area (Å²) in [4.78, 5) is 44.3. The van der Waals surface area contributed by atoms with Gasteiger partial charge in [-0.3, -0.25) is 9.59 Å². The van der Waals surface area contributed by atoms with Crippen molar-refractivity contribution in [1.29, 1.82) is 0 Å². The summed E-state index contributed by atoms with van der Waals surface area (Å²) in [5, 5.41) is 5.15. The molecule has 1 saturated heterocycles. The summed E-state index contributed by atoms with van der Waals surface area (Å²) in [6.07, 6.45) is -0.347. The van der Waals surface area contributed by atoms with Crippen molar-refractivity contribution in [3.63, 3.8) is 0 Å². The number of carbonyl (C=O) groups excluding carboxylic acids is 3. The van der Waals surface area contributed by atoms with E-state index in [4.69, 9.17) is 14.2 Å². The number of aromatic nitrogens is 1. The first kappa shape index (κ1) is 24.1. The predicted octanol–water partition coefficient (Wildman–Crippen LogP) is 2.55. The number of rotatable bonds is 7. The number of piperazine rings is 1. The van der Waals surface area contributed by atoms with Crippen LogP contribution >= 0.6 is 23.1 Å². The summed E-state index contributed by atoms with van der Waals surface area (Å²) in [6.45, 7) is 4.97. The van der Waals surface area contributed by atoms with Gasteiger partial charge in [0.1, 0.15) is 13.2 Å². The first-order valence-electron chi connectivity index (χ1n) is 11.0. The molecule has 4 rings (SSSR count). The van der Waals surface area contributed by atoms with Gasteiger partial charge in [-0.1, -0.05) is 0 Å². The summed E-state index contributed by atoms with van der Waals surface area (Å²) in [5.41, 5.74) is 1.62. The second-order valence-electron chi connectivity index (χ2n) is 7.50. The van der Waals surface area contributed by atoms with Crippen molar-refractivity contribution < 1.29 is 28.6 Å². The molecule has 0 radical (unpaired) electrons. The molecule has 182 valence electrons. The average Bonchev–Trinajstić information content (AvgIpc) is 3.32. The van der Waals surface area contributed by atoms with Gasteiger partial charge in [0.2, 0.25) is 11.8 Å². The number of benzene rings is 1. The quantitative estimate of drug-likeness (QED) is 0.610. The van der Waals surface area contributed by atoms with Crippen molar-refractivity contribution >= 4 is 46.1 Å². The normalized spacial score (nSPS) is 15.1. The van der Waals surface area contributed by atoms with E-state index in [1.54, 1.807) is 16.7 Å². The summed E-state index contributed by atoms with van der Waals surface area (Å²) in [6, 6.07) is 5.64. The van der Waals surface area contributed by atoms with Gasteiger partial charge in [-0.2, -0.15) is 0 Å². The Balaban J connectivity index is 1.19. The Morgan fingerprint density at radius 1 is 1.09 bits per heavy atom. The summed E-state index contributed by atoms with van der Waals surface area (Å²) >= 11 is 2.59. The number of amides is 3. The van der Waals surface area contributed by atoms with Crippen LogP contribution in [0.5, 0.6) is 11.5 Å². The Kier molecular flexibility index (Phi) is 8.12. The first-order chi connectivity index (χ1) is 16.5. The van der Waals surface area contributed by atoms with E-state index < -0.39 is 0 Å². The van der Waals surface area contributed by atoms with Gasteiger partial charge < -0.3 is 29.3 Å². The Morgan fingerprint density at radius 3 is 2.59 bits per heavy atom. The second kappa shape index (κ2) is 11.4. The molecule has 1 fully saturated rings. The monoisotopic (exact) mass is 506 g/mol. The number of fused-ring (bicyclic) bond motifs is 1. The Hall–Kier alpha value is -2.99. The molecule has 3 amide bonds. The fourth-order valence-corrected chi connectivity index (χ4v) is 4.95. The van der Waals surface area contributed by atoms with Crippen LogP contribution in [0.15, 0.2) is 23.6 Å². The summed E-state index contributed by atoms with van der Waals surface area (Å²) in [7, 11) is 0. The van der Waals surface area contributed by atoms with E-state index in [0.29, 0.717) is 62.6 Å². The van der Waals surface area contributed by atoms with Crippen LogP contribution < -0.4 is 14.8 Å². The molecule has 34 heavy (non-hydrogen) atoms. The van der Waals surface area contributed by atoms with Crippen LogP contribution in [-0.2, 0) is 14.3 Å². The highest BCUT2D eigenvalue weighted by Gasteiger charge is 2.24. The van der Waals surface area contributed by atoms with E-state index in [1.165, 1.54) is 23.1 Å². The first-order valence-corrected chi connectivity index (χ1v) is 13.0. The highest BCUT2D eigenvalue weighted by atomic mass is 32.2. The van der Waals surface area contributed by atoms with E-state index in [2.05, 4.69) is 10.3 Å². The molecule has 12 heteroatoms. The molecular formula is C22H26N4O6S2. The largest absolute Gasteiger partial charge is 0.486 e.